The number of benzene rings is 2. The van der Waals surface area contributed by atoms with Crippen LogP contribution in [0.15, 0.2) is 42.7 Å². The number of aromatic nitrogens is 2. The van der Waals surface area contributed by atoms with Crippen molar-refractivity contribution in [1.82, 2.24) is 9.97 Å². The lowest BCUT2D eigenvalue weighted by atomic mass is 9.98. The third-order valence-electron chi connectivity index (χ3n) is 5.78. The third kappa shape index (κ3) is 4.88. The first-order chi connectivity index (χ1) is 15.9. The summed E-state index contributed by atoms with van der Waals surface area (Å²) in [6.45, 7) is 6.77. The molecule has 0 radical (unpaired) electrons. The van der Waals surface area contributed by atoms with Gasteiger partial charge in [-0.3, -0.25) is 4.79 Å². The van der Waals surface area contributed by atoms with Gasteiger partial charge in [-0.1, -0.05) is 19.4 Å². The number of hydrogen-bond donors (Lipinski definition) is 2. The molecule has 4 rings (SSSR count). The fourth-order valence-electron chi connectivity index (χ4n) is 4.20. The summed E-state index contributed by atoms with van der Waals surface area (Å²) in [5.74, 6) is 0.106. The molecule has 0 aliphatic rings. The number of nitrogens with one attached hydrogen (secondary N) is 1. The Morgan fingerprint density at radius 1 is 1.12 bits per heavy atom. The number of primary amides is 1. The molecule has 0 atom stereocenters. The Morgan fingerprint density at radius 3 is 2.70 bits per heavy atom. The quantitative estimate of drug-likeness (QED) is 0.346. The Bertz CT molecular complexity index is 1330. The molecule has 170 valence electrons. The first kappa shape index (κ1) is 22.9. The smallest absolute Gasteiger partial charge is 0.248 e. The van der Waals surface area contributed by atoms with E-state index in [2.05, 4.69) is 29.1 Å². The summed E-state index contributed by atoms with van der Waals surface area (Å²) in [6.07, 6.45) is 3.99. The van der Waals surface area contributed by atoms with Crippen LogP contribution in [-0.2, 0) is 12.8 Å². The topological polar surface area (TPSA) is 80.9 Å². The number of nitrogens with two attached hydrogens (primary N) is 1. The number of fused-ring (bicyclic) bond motifs is 1. The molecule has 2 aromatic heterocycles. The summed E-state index contributed by atoms with van der Waals surface area (Å²) in [5.41, 5.74) is 10.8. The summed E-state index contributed by atoms with van der Waals surface area (Å²) in [7, 11) is 0. The van der Waals surface area contributed by atoms with E-state index >= 15 is 0 Å². The van der Waals surface area contributed by atoms with Crippen LogP contribution in [-0.4, -0.2) is 22.4 Å². The molecule has 0 unspecified atom stereocenters. The molecule has 4 aromatic rings. The van der Waals surface area contributed by atoms with Crippen LogP contribution in [0.1, 0.15) is 45.3 Å². The molecule has 0 aliphatic carbocycles. The van der Waals surface area contributed by atoms with Gasteiger partial charge >= 0.3 is 0 Å². The molecular weight excluding hydrogens is 435 g/mol. The number of anilines is 1. The lowest BCUT2D eigenvalue weighted by Gasteiger charge is -2.10. The number of halogens is 1. The van der Waals surface area contributed by atoms with E-state index in [0.717, 1.165) is 57.6 Å². The molecule has 33 heavy (non-hydrogen) atoms. The number of amides is 1. The molecule has 0 bridgehead atoms. The second kappa shape index (κ2) is 9.67. The minimum Gasteiger partial charge on any atom is -0.370 e. The van der Waals surface area contributed by atoms with Crippen LogP contribution in [0.4, 0.5) is 10.2 Å². The normalized spacial score (nSPS) is 11.2. The summed E-state index contributed by atoms with van der Waals surface area (Å²) in [6, 6.07) is 10.7. The van der Waals surface area contributed by atoms with Crippen molar-refractivity contribution in [3.8, 4) is 11.3 Å². The Hall–Kier alpha value is -3.32. The van der Waals surface area contributed by atoms with Gasteiger partial charge in [-0.2, -0.15) is 0 Å². The third-order valence-corrected chi connectivity index (χ3v) is 7.08. The van der Waals surface area contributed by atoms with Gasteiger partial charge in [0, 0.05) is 33.3 Å². The van der Waals surface area contributed by atoms with E-state index in [9.17, 15) is 9.18 Å². The van der Waals surface area contributed by atoms with Crippen LogP contribution in [0.3, 0.4) is 0 Å². The number of rotatable bonds is 8. The lowest BCUT2D eigenvalue weighted by molar-refractivity contribution is 0.0999. The molecule has 5 nitrogen and oxygen atoms in total. The Morgan fingerprint density at radius 2 is 1.94 bits per heavy atom. The van der Waals surface area contributed by atoms with E-state index in [1.54, 1.807) is 29.5 Å². The molecule has 0 aliphatic heterocycles. The summed E-state index contributed by atoms with van der Waals surface area (Å²) < 4.78 is 15.1. The second-order valence-electron chi connectivity index (χ2n) is 8.19. The summed E-state index contributed by atoms with van der Waals surface area (Å²) in [4.78, 5) is 21.7. The SMILES string of the molecule is CCCc1cc(-c2cc(NCCc3c(C)sc4c(C)cc(F)cc34)ncn2)ccc1C(N)=O. The van der Waals surface area contributed by atoms with E-state index in [-0.39, 0.29) is 5.82 Å². The van der Waals surface area contributed by atoms with Crippen molar-refractivity contribution < 1.29 is 9.18 Å². The fourth-order valence-corrected chi connectivity index (χ4v) is 5.35. The van der Waals surface area contributed by atoms with Gasteiger partial charge in [0.05, 0.1) is 5.69 Å². The van der Waals surface area contributed by atoms with Gasteiger partial charge in [0.1, 0.15) is 18.0 Å². The van der Waals surface area contributed by atoms with Crippen LogP contribution in [0.25, 0.3) is 21.3 Å². The van der Waals surface area contributed by atoms with E-state index in [0.29, 0.717) is 12.1 Å². The fraction of sp³-hybridized carbons (Fsp3) is 0.269. The van der Waals surface area contributed by atoms with Gasteiger partial charge < -0.3 is 11.1 Å². The first-order valence-electron chi connectivity index (χ1n) is 11.0. The molecule has 2 heterocycles. The Labute approximate surface area is 196 Å². The molecule has 1 amide bonds. The van der Waals surface area contributed by atoms with Crippen molar-refractivity contribution in [2.45, 2.75) is 40.0 Å². The molecule has 0 saturated heterocycles. The number of carbonyl (C=O) groups excluding carboxylic acids is 1. The predicted molar refractivity (Wildman–Crippen MR) is 133 cm³/mol. The van der Waals surface area contributed by atoms with Crippen molar-refractivity contribution >= 4 is 33.1 Å². The maximum Gasteiger partial charge on any atom is 0.248 e. The van der Waals surface area contributed by atoms with Gasteiger partial charge in [0.15, 0.2) is 0 Å². The zero-order chi connectivity index (χ0) is 23.5. The molecule has 0 saturated carbocycles. The predicted octanol–water partition coefficient (Wildman–Crippen LogP) is 5.82. The van der Waals surface area contributed by atoms with Gasteiger partial charge in [-0.25, -0.2) is 14.4 Å². The number of hydrogen-bond acceptors (Lipinski definition) is 5. The molecule has 7 heteroatoms. The highest BCUT2D eigenvalue weighted by atomic mass is 32.1. The number of carbonyl (C=O) groups is 1. The number of aryl methyl sites for hydroxylation is 3. The average molecular weight is 463 g/mol. The monoisotopic (exact) mass is 462 g/mol. The van der Waals surface area contributed by atoms with Crippen LogP contribution in [0.5, 0.6) is 0 Å². The van der Waals surface area contributed by atoms with E-state index < -0.39 is 5.91 Å². The van der Waals surface area contributed by atoms with Gasteiger partial charge in [0.2, 0.25) is 5.91 Å². The molecule has 2 aromatic carbocycles. The molecule has 0 fully saturated rings. The van der Waals surface area contributed by atoms with Gasteiger partial charge in [-0.05, 0) is 73.0 Å². The zero-order valence-electron chi connectivity index (χ0n) is 19.0. The van der Waals surface area contributed by atoms with Crippen LogP contribution in [0, 0.1) is 19.7 Å². The molecule has 0 spiro atoms. The largest absolute Gasteiger partial charge is 0.370 e. The zero-order valence-corrected chi connectivity index (χ0v) is 19.9. The van der Waals surface area contributed by atoms with E-state index in [1.807, 2.05) is 25.1 Å². The maximum absolute atomic E-state index is 14.0. The Kier molecular flexibility index (Phi) is 6.70. The van der Waals surface area contributed by atoms with Crippen molar-refractivity contribution in [2.75, 3.05) is 11.9 Å². The Balaban J connectivity index is 1.52. The van der Waals surface area contributed by atoms with Crippen molar-refractivity contribution in [2.24, 2.45) is 5.73 Å². The summed E-state index contributed by atoms with van der Waals surface area (Å²) >= 11 is 1.72. The molecule has 3 N–H and O–H groups in total. The van der Waals surface area contributed by atoms with Crippen LogP contribution >= 0.6 is 11.3 Å². The second-order valence-corrected chi connectivity index (χ2v) is 9.41. The highest BCUT2D eigenvalue weighted by Gasteiger charge is 2.13. The van der Waals surface area contributed by atoms with Gasteiger partial charge in [0.25, 0.3) is 0 Å². The lowest BCUT2D eigenvalue weighted by Crippen LogP contribution is -2.13. The standard InChI is InChI=1S/C26H27FN4OS/c1-4-5-17-11-18(6-7-21(17)26(28)32)23-13-24(31-14-30-23)29-9-8-20-16(3)33-25-15(2)10-19(27)12-22(20)25/h6-7,10-14H,4-5,8-9H2,1-3H3,(H2,28,32)(H,29,30,31). The number of thiophene rings is 1. The van der Waals surface area contributed by atoms with E-state index in [1.165, 1.54) is 16.8 Å². The van der Waals surface area contributed by atoms with Crippen LogP contribution < -0.4 is 11.1 Å². The van der Waals surface area contributed by atoms with Crippen molar-refractivity contribution in [3.05, 3.63) is 75.7 Å². The molecular formula is C26H27FN4OS. The van der Waals surface area contributed by atoms with E-state index in [4.69, 9.17) is 5.73 Å². The summed E-state index contributed by atoms with van der Waals surface area (Å²) in [5, 5.41) is 4.37. The maximum atomic E-state index is 14.0. The van der Waals surface area contributed by atoms with Gasteiger partial charge in [-0.15, -0.1) is 11.3 Å². The highest BCUT2D eigenvalue weighted by molar-refractivity contribution is 7.19. The average Bonchev–Trinajstić information content (AvgIpc) is 3.10. The first-order valence-corrected chi connectivity index (χ1v) is 11.9. The minimum absolute atomic E-state index is 0.197. The van der Waals surface area contributed by atoms with Crippen molar-refractivity contribution in [3.63, 3.8) is 0 Å². The van der Waals surface area contributed by atoms with Crippen LogP contribution in [0.2, 0.25) is 0 Å². The highest BCUT2D eigenvalue weighted by Crippen LogP contribution is 2.34. The number of nitrogens with zero attached hydrogens (tertiary/aromatic N) is 2. The van der Waals surface area contributed by atoms with Crippen molar-refractivity contribution in [1.29, 1.82) is 0 Å². The minimum atomic E-state index is -0.415.